The first kappa shape index (κ1) is 11.7. The molecule has 1 aromatic heterocycles. The van der Waals surface area contributed by atoms with Crippen LogP contribution in [0.4, 0.5) is 4.39 Å². The second kappa shape index (κ2) is 4.63. The molecule has 0 fully saturated rings. The zero-order valence-electron chi connectivity index (χ0n) is 9.77. The zero-order valence-corrected chi connectivity index (χ0v) is 9.77. The third-order valence-electron chi connectivity index (χ3n) is 2.62. The van der Waals surface area contributed by atoms with E-state index >= 15 is 0 Å². The van der Waals surface area contributed by atoms with Crippen molar-refractivity contribution in [1.29, 1.82) is 0 Å². The van der Waals surface area contributed by atoms with Crippen LogP contribution < -0.4 is 5.73 Å². The molecule has 90 valence electrons. The predicted molar refractivity (Wildman–Crippen MR) is 60.8 cm³/mol. The average molecular weight is 235 g/mol. The van der Waals surface area contributed by atoms with E-state index in [1.165, 1.54) is 6.07 Å². The number of hydrogen-bond donors (Lipinski definition) is 1. The summed E-state index contributed by atoms with van der Waals surface area (Å²) >= 11 is 0. The predicted octanol–water partition coefficient (Wildman–Crippen LogP) is 2.13. The first-order chi connectivity index (χ1) is 8.11. The van der Waals surface area contributed by atoms with Gasteiger partial charge in [-0.25, -0.2) is 4.39 Å². The number of benzene rings is 1. The van der Waals surface area contributed by atoms with Crippen molar-refractivity contribution in [3.63, 3.8) is 0 Å². The largest absolute Gasteiger partial charge is 0.339 e. The van der Waals surface area contributed by atoms with Crippen LogP contribution in [0.2, 0.25) is 0 Å². The first-order valence-electron chi connectivity index (χ1n) is 5.46. The Kier molecular flexibility index (Phi) is 3.19. The van der Waals surface area contributed by atoms with Gasteiger partial charge in [-0.15, -0.1) is 0 Å². The molecule has 0 aliphatic heterocycles. The van der Waals surface area contributed by atoms with Gasteiger partial charge in [0.15, 0.2) is 5.82 Å². The van der Waals surface area contributed by atoms with Crippen molar-refractivity contribution < 1.29 is 8.91 Å². The molecule has 1 atom stereocenters. The molecule has 0 amide bonds. The van der Waals surface area contributed by atoms with Crippen LogP contribution in [0.3, 0.4) is 0 Å². The van der Waals surface area contributed by atoms with Gasteiger partial charge in [0.2, 0.25) is 5.89 Å². The van der Waals surface area contributed by atoms with Crippen LogP contribution >= 0.6 is 0 Å². The molecule has 2 aromatic rings. The van der Waals surface area contributed by atoms with Gasteiger partial charge in [0.1, 0.15) is 5.82 Å². The third-order valence-corrected chi connectivity index (χ3v) is 2.62. The molecule has 5 heteroatoms. The van der Waals surface area contributed by atoms with Gasteiger partial charge in [-0.05, 0) is 24.1 Å². The molecule has 0 saturated carbocycles. The van der Waals surface area contributed by atoms with E-state index in [0.717, 1.165) is 0 Å². The molecule has 0 radical (unpaired) electrons. The summed E-state index contributed by atoms with van der Waals surface area (Å²) in [6, 6.07) is 4.30. The van der Waals surface area contributed by atoms with Crippen molar-refractivity contribution in [1.82, 2.24) is 10.1 Å². The van der Waals surface area contributed by atoms with Gasteiger partial charge in [0.05, 0.1) is 6.04 Å². The van der Waals surface area contributed by atoms with Crippen LogP contribution in [0.1, 0.15) is 35.8 Å². The molecule has 0 aliphatic rings. The molecular formula is C12H14FN3O. The average Bonchev–Trinajstić information content (AvgIpc) is 2.80. The number of nitrogens with zero attached hydrogens (tertiary/aromatic N) is 2. The van der Waals surface area contributed by atoms with Crippen molar-refractivity contribution in [3.8, 4) is 0 Å². The minimum atomic E-state index is -0.561. The highest BCUT2D eigenvalue weighted by Gasteiger charge is 2.16. The van der Waals surface area contributed by atoms with Crippen molar-refractivity contribution in [2.75, 3.05) is 0 Å². The van der Waals surface area contributed by atoms with Crippen LogP contribution in [-0.4, -0.2) is 10.1 Å². The van der Waals surface area contributed by atoms with E-state index in [0.29, 0.717) is 29.3 Å². The molecule has 2 rings (SSSR count). The summed E-state index contributed by atoms with van der Waals surface area (Å²) in [5.41, 5.74) is 7.17. The van der Waals surface area contributed by atoms with Crippen molar-refractivity contribution >= 4 is 0 Å². The fraction of sp³-hybridized carbons (Fsp3) is 0.333. The second-order valence-corrected chi connectivity index (χ2v) is 3.89. The minimum absolute atomic E-state index is 0.280. The van der Waals surface area contributed by atoms with Crippen LogP contribution in [-0.2, 0) is 6.42 Å². The number of aromatic nitrogens is 2. The summed E-state index contributed by atoms with van der Waals surface area (Å²) in [7, 11) is 0. The molecule has 0 spiro atoms. The quantitative estimate of drug-likeness (QED) is 0.885. The Hall–Kier alpha value is -1.75. The molecule has 1 aromatic carbocycles. The molecule has 0 bridgehead atoms. The highest BCUT2D eigenvalue weighted by Crippen LogP contribution is 2.19. The molecule has 2 N–H and O–H groups in total. The molecule has 4 nitrogen and oxygen atoms in total. The van der Waals surface area contributed by atoms with Crippen molar-refractivity contribution in [2.24, 2.45) is 5.73 Å². The van der Waals surface area contributed by atoms with E-state index in [1.54, 1.807) is 19.1 Å². The summed E-state index contributed by atoms with van der Waals surface area (Å²) in [5, 5.41) is 3.78. The number of nitrogens with two attached hydrogens (primary N) is 1. The van der Waals surface area contributed by atoms with Crippen molar-refractivity contribution in [3.05, 3.63) is 46.9 Å². The molecule has 17 heavy (non-hydrogen) atoms. The Morgan fingerprint density at radius 3 is 2.82 bits per heavy atom. The monoisotopic (exact) mass is 235 g/mol. The number of aryl methyl sites for hydroxylation is 2. The maximum atomic E-state index is 13.4. The summed E-state index contributed by atoms with van der Waals surface area (Å²) < 4.78 is 18.4. The maximum absolute atomic E-state index is 13.4. The van der Waals surface area contributed by atoms with Gasteiger partial charge < -0.3 is 10.3 Å². The lowest BCUT2D eigenvalue weighted by molar-refractivity contribution is 0.375. The lowest BCUT2D eigenvalue weighted by atomic mass is 10.1. The molecule has 0 aliphatic carbocycles. The van der Waals surface area contributed by atoms with Crippen molar-refractivity contribution in [2.45, 2.75) is 26.3 Å². The summed E-state index contributed by atoms with van der Waals surface area (Å²) in [4.78, 5) is 4.13. The highest BCUT2D eigenvalue weighted by molar-refractivity contribution is 5.28. The summed E-state index contributed by atoms with van der Waals surface area (Å²) in [5.74, 6) is 0.630. The molecule has 1 heterocycles. The topological polar surface area (TPSA) is 64.9 Å². The van der Waals surface area contributed by atoms with Crippen LogP contribution in [0.25, 0.3) is 0 Å². The normalized spacial score (nSPS) is 12.7. The highest BCUT2D eigenvalue weighted by atomic mass is 19.1. The summed E-state index contributed by atoms with van der Waals surface area (Å²) in [6.45, 7) is 3.61. The van der Waals surface area contributed by atoms with Gasteiger partial charge in [-0.3, -0.25) is 0 Å². The van der Waals surface area contributed by atoms with Gasteiger partial charge in [0.25, 0.3) is 0 Å². The van der Waals surface area contributed by atoms with Crippen LogP contribution in [0.5, 0.6) is 0 Å². The number of hydrogen-bond acceptors (Lipinski definition) is 4. The fourth-order valence-corrected chi connectivity index (χ4v) is 1.49. The molecular weight excluding hydrogens is 221 g/mol. The zero-order chi connectivity index (χ0) is 12.4. The second-order valence-electron chi connectivity index (χ2n) is 3.89. The Morgan fingerprint density at radius 1 is 1.47 bits per heavy atom. The first-order valence-corrected chi connectivity index (χ1v) is 5.46. The lowest BCUT2D eigenvalue weighted by Gasteiger charge is -2.08. The third kappa shape index (κ3) is 2.34. The van der Waals surface area contributed by atoms with Crippen LogP contribution in [0, 0.1) is 12.7 Å². The van der Waals surface area contributed by atoms with Crippen LogP contribution in [0.15, 0.2) is 22.7 Å². The standard InChI is InChI=1S/C12H14FN3O/c1-3-10-15-12(16-17-10)11(14)8-5-4-7(2)9(13)6-8/h4-6,11H,3,14H2,1-2H3. The fourth-order valence-electron chi connectivity index (χ4n) is 1.49. The Labute approximate surface area is 98.6 Å². The van der Waals surface area contributed by atoms with E-state index in [-0.39, 0.29) is 5.82 Å². The Morgan fingerprint density at radius 2 is 2.24 bits per heavy atom. The smallest absolute Gasteiger partial charge is 0.226 e. The van der Waals surface area contributed by atoms with Gasteiger partial charge >= 0.3 is 0 Å². The van der Waals surface area contributed by atoms with E-state index in [9.17, 15) is 4.39 Å². The van der Waals surface area contributed by atoms with Gasteiger partial charge in [-0.1, -0.05) is 24.2 Å². The minimum Gasteiger partial charge on any atom is -0.339 e. The maximum Gasteiger partial charge on any atom is 0.226 e. The van der Waals surface area contributed by atoms with E-state index in [4.69, 9.17) is 10.3 Å². The lowest BCUT2D eigenvalue weighted by Crippen LogP contribution is -2.14. The van der Waals surface area contributed by atoms with Gasteiger partial charge in [0, 0.05) is 6.42 Å². The van der Waals surface area contributed by atoms with Gasteiger partial charge in [-0.2, -0.15) is 4.98 Å². The molecule has 1 unspecified atom stereocenters. The number of rotatable bonds is 3. The Balaban J connectivity index is 2.29. The molecule has 0 saturated heterocycles. The number of halogens is 1. The van der Waals surface area contributed by atoms with E-state index in [1.807, 2.05) is 6.92 Å². The summed E-state index contributed by atoms with van der Waals surface area (Å²) in [6.07, 6.45) is 0.655. The van der Waals surface area contributed by atoms with E-state index < -0.39 is 6.04 Å². The Bertz CT molecular complexity index is 524. The van der Waals surface area contributed by atoms with E-state index in [2.05, 4.69) is 10.1 Å². The SMILES string of the molecule is CCc1nc(C(N)c2ccc(C)c(F)c2)no1.